The second-order valence-electron chi connectivity index (χ2n) is 20.0. The number of nitrogens with one attached hydrogen (secondary N) is 11. The first kappa shape index (κ1) is 67.8. The summed E-state index contributed by atoms with van der Waals surface area (Å²) in [6.07, 6.45) is -1.16. The summed E-state index contributed by atoms with van der Waals surface area (Å²) < 4.78 is 0. The molecule has 1 aromatic carbocycles. The third-order valence-electron chi connectivity index (χ3n) is 12.6. The minimum absolute atomic E-state index is 0.0278. The minimum Gasteiger partial charge on any atom is -0.508 e. The van der Waals surface area contributed by atoms with Gasteiger partial charge in [-0.15, -0.1) is 0 Å². The average Bonchev–Trinajstić information content (AvgIpc) is 4.20. The number of nitrogens with zero attached hydrogens (tertiary/aromatic N) is 2. The number of hydrogen-bond acceptors (Lipinski definition) is 18. The fourth-order valence-electron chi connectivity index (χ4n) is 8.19. The zero-order valence-corrected chi connectivity index (χ0v) is 46.0. The number of aliphatic imine (C=N–C) groups is 1. The van der Waals surface area contributed by atoms with Gasteiger partial charge in [0, 0.05) is 31.3 Å². The number of guanidine groups is 1. The summed E-state index contributed by atoms with van der Waals surface area (Å²) in [7, 11) is 0. The van der Waals surface area contributed by atoms with Crippen molar-refractivity contribution in [1.82, 2.24) is 63.1 Å². The van der Waals surface area contributed by atoms with Gasteiger partial charge in [-0.2, -0.15) is 0 Å². The van der Waals surface area contributed by atoms with Crippen LogP contribution in [0.2, 0.25) is 0 Å². The molecule has 12 atom stereocenters. The number of nitrogens with two attached hydrogens (primary N) is 2. The molecule has 0 bridgehead atoms. The molecule has 3 rings (SSSR count). The largest absolute Gasteiger partial charge is 0.508 e. The summed E-state index contributed by atoms with van der Waals surface area (Å²) in [5.41, 5.74) is 11.8. The summed E-state index contributed by atoms with van der Waals surface area (Å²) in [6, 6.07) is -9.54. The van der Waals surface area contributed by atoms with Gasteiger partial charge in [0.25, 0.3) is 0 Å². The number of H-pyrrole nitrogens is 1. The highest BCUT2D eigenvalue weighted by Crippen LogP contribution is 2.15. The quantitative estimate of drug-likeness (QED) is 0.0176. The number of phenols is 1. The van der Waals surface area contributed by atoms with E-state index in [0.717, 1.165) is 27.2 Å². The number of imidazole rings is 1. The number of aliphatic hydroxyl groups is 3. The maximum atomic E-state index is 14.1. The molecule has 0 aliphatic carbocycles. The Morgan fingerprint density at radius 2 is 1.20 bits per heavy atom. The van der Waals surface area contributed by atoms with E-state index in [9.17, 15) is 83.4 Å². The van der Waals surface area contributed by atoms with E-state index in [1.807, 2.05) is 0 Å². The van der Waals surface area contributed by atoms with E-state index in [1.54, 1.807) is 26.0 Å². The molecule has 82 heavy (non-hydrogen) atoms. The number of aliphatic hydroxyl groups excluding tert-OH is 3. The van der Waals surface area contributed by atoms with Crippen molar-refractivity contribution in [2.45, 2.75) is 159 Å². The van der Waals surface area contributed by atoms with Crippen LogP contribution in [0.15, 0.2) is 41.8 Å². The lowest BCUT2D eigenvalue weighted by Crippen LogP contribution is -2.63. The molecule has 1 aliphatic heterocycles. The van der Waals surface area contributed by atoms with Crippen LogP contribution in [0.4, 0.5) is 0 Å². The monoisotopic (exact) mass is 1160 g/mol. The van der Waals surface area contributed by atoms with Crippen molar-refractivity contribution in [3.8, 4) is 5.75 Å². The molecule has 0 radical (unpaired) electrons. The van der Waals surface area contributed by atoms with Crippen molar-refractivity contribution in [2.24, 2.45) is 22.4 Å². The van der Waals surface area contributed by atoms with E-state index >= 15 is 0 Å². The average molecular weight is 1160 g/mol. The lowest BCUT2D eigenvalue weighted by Gasteiger charge is -2.28. The number of hydrogen-bond donors (Lipinski definition) is 19. The van der Waals surface area contributed by atoms with Gasteiger partial charge < -0.3 is 100 Å². The van der Waals surface area contributed by atoms with Gasteiger partial charge in [0.15, 0.2) is 5.96 Å². The van der Waals surface area contributed by atoms with Crippen LogP contribution in [0.1, 0.15) is 84.4 Å². The smallest absolute Gasteiger partial charge is 0.326 e. The van der Waals surface area contributed by atoms with Crippen LogP contribution < -0.4 is 64.6 Å². The summed E-state index contributed by atoms with van der Waals surface area (Å²) >= 11 is 0. The van der Waals surface area contributed by atoms with Gasteiger partial charge in [-0.1, -0.05) is 26.0 Å². The number of carboxylic acids is 2. The number of phenolic OH excluding ortho intramolecular Hbond substituents is 1. The Morgan fingerprint density at radius 3 is 1.73 bits per heavy atom. The third kappa shape index (κ3) is 22.9. The molecule has 1 aliphatic rings. The van der Waals surface area contributed by atoms with E-state index in [2.05, 4.69) is 68.1 Å². The van der Waals surface area contributed by atoms with Crippen LogP contribution in [-0.4, -0.2) is 204 Å². The summed E-state index contributed by atoms with van der Waals surface area (Å²) in [5, 5.41) is 84.4. The van der Waals surface area contributed by atoms with Crippen molar-refractivity contribution in [1.29, 1.82) is 0 Å². The molecule has 32 heteroatoms. The normalized spacial score (nSPS) is 17.0. The SMILES string of the molecule is CC(C)C[C@H](NC(=O)[C@H](Cc1ccc(O)cc1)NC(=O)[C@@H]1CCCN1)C(=O)N[C@@H](CCCN=C(N)N)C(=O)N[C@@H](CO)C(=O)N[C@@H](C)C(=O)N[C@@H](CC(=O)O)C(=O)N[C@H](C(=O)N[C@H](C(=O)N[C@@H](Cc1cnc[nH]1)C(=O)O)[C@@H](C)O)[C@@H](C)O. The predicted octanol–water partition coefficient (Wildman–Crippen LogP) is -6.55. The molecule has 454 valence electrons. The van der Waals surface area contributed by atoms with Crippen molar-refractivity contribution in [2.75, 3.05) is 19.7 Å². The molecule has 21 N–H and O–H groups in total. The maximum Gasteiger partial charge on any atom is 0.326 e. The Hall–Kier alpha value is -8.49. The van der Waals surface area contributed by atoms with Crippen LogP contribution in [0.5, 0.6) is 5.75 Å². The molecule has 9 amide bonds. The molecule has 2 aromatic rings. The summed E-state index contributed by atoms with van der Waals surface area (Å²) in [4.78, 5) is 157. The highest BCUT2D eigenvalue weighted by atomic mass is 16.4. The Kier molecular flexibility index (Phi) is 27.5. The molecule has 1 aromatic heterocycles. The Morgan fingerprint density at radius 1 is 0.659 bits per heavy atom. The molecule has 0 spiro atoms. The first-order valence-corrected chi connectivity index (χ1v) is 26.3. The van der Waals surface area contributed by atoms with Gasteiger partial charge in [0.1, 0.15) is 60.1 Å². The molecule has 1 saturated heterocycles. The standard InChI is InChI=1S/C50H77N15O17/c1-23(2)16-32(60-44(76)33(17-27-10-12-29(69)13-11-27)61-41(73)30-8-6-14-54-30)43(75)58-31(9-7-15-55-50(51)52)42(74)63-36(21-66)46(78)57-24(3)40(72)59-34(19-37(70)71)45(77)64-39(26(5)68)48(80)65-38(25(4)67)47(79)62-35(49(81)82)18-28-20-53-22-56-28/h10-13,20,22-26,30-36,38-39,54,66-69H,6-9,14-19,21H2,1-5H3,(H,53,56)(H,57,78)(H,58,75)(H,59,72)(H,60,76)(H,61,73)(H,62,79)(H,63,74)(H,64,77)(H,65,80)(H,70,71)(H,81,82)(H4,51,52,55)/t24-,25+,26+,30-,31-,32-,33-,34-,35-,36-,38-,39-/m0/s1. The van der Waals surface area contributed by atoms with Crippen LogP contribution >= 0.6 is 0 Å². The van der Waals surface area contributed by atoms with Gasteiger partial charge in [-0.05, 0) is 83.0 Å². The van der Waals surface area contributed by atoms with E-state index < -0.39 is 151 Å². The number of aromatic amines is 1. The second-order valence-corrected chi connectivity index (χ2v) is 20.0. The van der Waals surface area contributed by atoms with Crippen molar-refractivity contribution in [3.63, 3.8) is 0 Å². The fraction of sp³-hybridized carbons (Fsp3) is 0.580. The molecular formula is C50H77N15O17. The lowest BCUT2D eigenvalue weighted by atomic mass is 10.00. The molecular weight excluding hydrogens is 1080 g/mol. The number of carbonyl (C=O) groups is 11. The second kappa shape index (κ2) is 33.3. The number of rotatable bonds is 34. The van der Waals surface area contributed by atoms with Crippen LogP contribution in [0.3, 0.4) is 0 Å². The fourth-order valence-corrected chi connectivity index (χ4v) is 8.19. The van der Waals surface area contributed by atoms with Crippen molar-refractivity contribution in [3.05, 3.63) is 48.0 Å². The first-order chi connectivity index (χ1) is 38.6. The summed E-state index contributed by atoms with van der Waals surface area (Å²) in [5.74, 6) is -13.0. The van der Waals surface area contributed by atoms with Crippen molar-refractivity contribution < 1.29 is 83.4 Å². The highest BCUT2D eigenvalue weighted by molar-refractivity contribution is 5.99. The zero-order chi connectivity index (χ0) is 61.4. The molecule has 2 heterocycles. The molecule has 0 unspecified atom stereocenters. The van der Waals surface area contributed by atoms with Gasteiger partial charge in [0.2, 0.25) is 53.2 Å². The van der Waals surface area contributed by atoms with Crippen molar-refractivity contribution >= 4 is 71.1 Å². The number of amides is 9. The Balaban J connectivity index is 1.76. The van der Waals surface area contributed by atoms with Gasteiger partial charge in [-0.3, -0.25) is 52.9 Å². The Bertz CT molecular complexity index is 2540. The van der Waals surface area contributed by atoms with Gasteiger partial charge in [0.05, 0.1) is 37.6 Å². The van der Waals surface area contributed by atoms with E-state index in [-0.39, 0.29) is 56.3 Å². The first-order valence-electron chi connectivity index (χ1n) is 26.3. The zero-order valence-electron chi connectivity index (χ0n) is 46.0. The third-order valence-corrected chi connectivity index (χ3v) is 12.6. The number of carboxylic acid groups (broad SMARTS) is 2. The number of aromatic nitrogens is 2. The topological polar surface area (TPSA) is 523 Å². The van der Waals surface area contributed by atoms with Gasteiger partial charge >= 0.3 is 11.9 Å². The van der Waals surface area contributed by atoms with Gasteiger partial charge in [-0.25, -0.2) is 9.78 Å². The number of carbonyl (C=O) groups excluding carboxylic acids is 9. The van der Waals surface area contributed by atoms with E-state index in [1.165, 1.54) is 24.7 Å². The lowest BCUT2D eigenvalue weighted by molar-refractivity contribution is -0.143. The van der Waals surface area contributed by atoms with Crippen LogP contribution in [0, 0.1) is 5.92 Å². The predicted molar refractivity (Wildman–Crippen MR) is 288 cm³/mol. The maximum absolute atomic E-state index is 14.1. The number of aromatic hydroxyl groups is 1. The van der Waals surface area contributed by atoms with Crippen LogP contribution in [0.25, 0.3) is 0 Å². The number of benzene rings is 1. The minimum atomic E-state index is -2.02. The summed E-state index contributed by atoms with van der Waals surface area (Å²) in [6.45, 7) is 6.19. The molecule has 32 nitrogen and oxygen atoms in total. The Labute approximate surface area is 470 Å². The number of aliphatic carboxylic acids is 2. The molecule has 0 saturated carbocycles. The highest BCUT2D eigenvalue weighted by Gasteiger charge is 2.38. The van der Waals surface area contributed by atoms with E-state index in [0.29, 0.717) is 24.2 Å². The molecule has 1 fully saturated rings. The van der Waals surface area contributed by atoms with E-state index in [4.69, 9.17) is 11.5 Å². The van der Waals surface area contributed by atoms with Crippen LogP contribution in [-0.2, 0) is 65.6 Å².